The molecule has 0 fully saturated rings. The smallest absolute Gasteiger partial charge is 0.303 e. The van der Waals surface area contributed by atoms with E-state index in [1.54, 1.807) is 37.5 Å². The Bertz CT molecular complexity index is 1230. The Morgan fingerprint density at radius 2 is 1.62 bits per heavy atom. The largest absolute Gasteiger partial charge is 0.497 e. The van der Waals surface area contributed by atoms with E-state index >= 15 is 0 Å². The molecule has 0 saturated carbocycles. The molecule has 39 heavy (non-hydrogen) atoms. The van der Waals surface area contributed by atoms with Crippen molar-refractivity contribution in [2.24, 2.45) is 0 Å². The standard InChI is InChI=1S/C30H33N3O6/c1-38-25-14-9-23(10-15-25)19-20-31-30(37)29(33-27(34)18-11-22-6-3-2-4-7-22)32-24-12-16-26(17-13-24)39-21-5-8-28(35)36/h2-4,6-7,9-18,29,32H,5,8,19-21H2,1H3,(H,31,37)(H,33,34)(H,35,36)/b18-11+. The molecule has 9 heteroatoms. The van der Waals surface area contributed by atoms with E-state index in [0.29, 0.717) is 30.8 Å². The number of carbonyl (C=O) groups excluding carboxylic acids is 2. The van der Waals surface area contributed by atoms with Crippen LogP contribution in [-0.4, -0.2) is 49.3 Å². The lowest BCUT2D eigenvalue weighted by Crippen LogP contribution is -2.51. The molecule has 2 amide bonds. The van der Waals surface area contributed by atoms with Crippen molar-refractivity contribution in [3.8, 4) is 11.5 Å². The van der Waals surface area contributed by atoms with E-state index in [2.05, 4.69) is 16.0 Å². The maximum absolute atomic E-state index is 13.0. The zero-order chi connectivity index (χ0) is 27.9. The van der Waals surface area contributed by atoms with Crippen LogP contribution in [0.15, 0.2) is 84.9 Å². The minimum atomic E-state index is -1.03. The predicted octanol–water partition coefficient (Wildman–Crippen LogP) is 3.87. The number of carboxylic acids is 1. The van der Waals surface area contributed by atoms with E-state index in [0.717, 1.165) is 16.9 Å². The van der Waals surface area contributed by atoms with Gasteiger partial charge in [0.25, 0.3) is 5.91 Å². The third kappa shape index (κ3) is 10.6. The number of nitrogens with one attached hydrogen (secondary N) is 3. The van der Waals surface area contributed by atoms with Gasteiger partial charge < -0.3 is 30.5 Å². The number of aliphatic carboxylic acids is 1. The minimum absolute atomic E-state index is 0.0350. The third-order valence-electron chi connectivity index (χ3n) is 5.62. The van der Waals surface area contributed by atoms with Gasteiger partial charge in [-0.3, -0.25) is 14.4 Å². The fraction of sp³-hybridized carbons (Fsp3) is 0.233. The zero-order valence-electron chi connectivity index (χ0n) is 21.8. The highest BCUT2D eigenvalue weighted by Crippen LogP contribution is 2.17. The summed E-state index contributed by atoms with van der Waals surface area (Å²) in [5.41, 5.74) is 2.49. The summed E-state index contributed by atoms with van der Waals surface area (Å²) in [4.78, 5) is 36.3. The molecule has 9 nitrogen and oxygen atoms in total. The van der Waals surface area contributed by atoms with Gasteiger partial charge in [0.15, 0.2) is 6.17 Å². The summed E-state index contributed by atoms with van der Waals surface area (Å²) in [6.45, 7) is 0.657. The molecule has 0 radical (unpaired) electrons. The molecule has 0 saturated heterocycles. The van der Waals surface area contributed by atoms with Crippen LogP contribution < -0.4 is 25.4 Å². The fourth-order valence-corrected chi connectivity index (χ4v) is 3.55. The number of carboxylic acid groups (broad SMARTS) is 1. The van der Waals surface area contributed by atoms with Crippen LogP contribution in [0.2, 0.25) is 0 Å². The number of carbonyl (C=O) groups is 3. The minimum Gasteiger partial charge on any atom is -0.497 e. The Kier molecular flexibility index (Phi) is 11.4. The van der Waals surface area contributed by atoms with E-state index in [4.69, 9.17) is 14.6 Å². The molecule has 3 rings (SSSR count). The Balaban J connectivity index is 1.60. The lowest BCUT2D eigenvalue weighted by molar-refractivity contribution is -0.137. The average Bonchev–Trinajstić information content (AvgIpc) is 2.95. The molecular formula is C30H33N3O6. The number of ether oxygens (including phenoxy) is 2. The van der Waals surface area contributed by atoms with Crippen LogP contribution in [-0.2, 0) is 20.8 Å². The molecular weight excluding hydrogens is 498 g/mol. The molecule has 3 aromatic rings. The van der Waals surface area contributed by atoms with Crippen LogP contribution in [0.4, 0.5) is 5.69 Å². The topological polar surface area (TPSA) is 126 Å². The van der Waals surface area contributed by atoms with Gasteiger partial charge in [-0.15, -0.1) is 0 Å². The first-order valence-corrected chi connectivity index (χ1v) is 12.6. The second kappa shape index (κ2) is 15.5. The second-order valence-electron chi connectivity index (χ2n) is 8.59. The molecule has 4 N–H and O–H groups in total. The summed E-state index contributed by atoms with van der Waals surface area (Å²) in [6, 6.07) is 23.8. The lowest BCUT2D eigenvalue weighted by Gasteiger charge is -2.20. The summed E-state index contributed by atoms with van der Waals surface area (Å²) in [7, 11) is 1.61. The van der Waals surface area contributed by atoms with Crippen LogP contribution in [0.1, 0.15) is 24.0 Å². The second-order valence-corrected chi connectivity index (χ2v) is 8.59. The summed E-state index contributed by atoms with van der Waals surface area (Å²) in [6.07, 6.45) is 3.06. The van der Waals surface area contributed by atoms with Crippen molar-refractivity contribution >= 4 is 29.5 Å². The first-order valence-electron chi connectivity index (χ1n) is 12.6. The normalized spacial score (nSPS) is 11.4. The molecule has 0 heterocycles. The average molecular weight is 532 g/mol. The number of hydrogen-bond donors (Lipinski definition) is 4. The van der Waals surface area contributed by atoms with Crippen LogP contribution in [0.3, 0.4) is 0 Å². The van der Waals surface area contributed by atoms with E-state index in [9.17, 15) is 14.4 Å². The fourth-order valence-electron chi connectivity index (χ4n) is 3.55. The molecule has 0 bridgehead atoms. The molecule has 1 atom stereocenters. The monoisotopic (exact) mass is 531 g/mol. The van der Waals surface area contributed by atoms with E-state index in [1.165, 1.54) is 6.08 Å². The lowest BCUT2D eigenvalue weighted by atomic mass is 10.1. The number of amides is 2. The summed E-state index contributed by atoms with van der Waals surface area (Å²) in [5, 5.41) is 17.4. The summed E-state index contributed by atoms with van der Waals surface area (Å²) < 4.78 is 10.7. The molecule has 1 unspecified atom stereocenters. The molecule has 0 aliphatic heterocycles. The molecule has 0 aliphatic carbocycles. The predicted molar refractivity (Wildman–Crippen MR) is 150 cm³/mol. The van der Waals surface area contributed by atoms with Gasteiger partial charge in [-0.25, -0.2) is 0 Å². The van der Waals surface area contributed by atoms with Gasteiger partial charge in [0.05, 0.1) is 13.7 Å². The zero-order valence-corrected chi connectivity index (χ0v) is 21.8. The van der Waals surface area contributed by atoms with Crippen LogP contribution in [0, 0.1) is 0 Å². The van der Waals surface area contributed by atoms with Gasteiger partial charge in [-0.1, -0.05) is 42.5 Å². The van der Waals surface area contributed by atoms with Gasteiger partial charge in [0.1, 0.15) is 11.5 Å². The van der Waals surface area contributed by atoms with Gasteiger partial charge >= 0.3 is 5.97 Å². The van der Waals surface area contributed by atoms with Crippen molar-refractivity contribution in [2.45, 2.75) is 25.4 Å². The van der Waals surface area contributed by atoms with Crippen molar-refractivity contribution in [1.29, 1.82) is 0 Å². The van der Waals surface area contributed by atoms with Crippen molar-refractivity contribution in [2.75, 3.05) is 25.6 Å². The highest BCUT2D eigenvalue weighted by atomic mass is 16.5. The van der Waals surface area contributed by atoms with E-state index in [-0.39, 0.29) is 18.9 Å². The van der Waals surface area contributed by atoms with E-state index < -0.39 is 18.0 Å². The van der Waals surface area contributed by atoms with Crippen molar-refractivity contribution in [3.05, 3.63) is 96.1 Å². The maximum atomic E-state index is 13.0. The third-order valence-corrected chi connectivity index (χ3v) is 5.62. The molecule has 204 valence electrons. The maximum Gasteiger partial charge on any atom is 0.303 e. The first-order chi connectivity index (χ1) is 18.9. The Labute approximate surface area is 227 Å². The van der Waals surface area contributed by atoms with Gasteiger partial charge in [-0.2, -0.15) is 0 Å². The number of anilines is 1. The van der Waals surface area contributed by atoms with Crippen molar-refractivity contribution in [3.63, 3.8) is 0 Å². The SMILES string of the molecule is COc1ccc(CCNC(=O)C(NC(=O)/C=C/c2ccccc2)Nc2ccc(OCCCC(=O)O)cc2)cc1. The number of benzene rings is 3. The first kappa shape index (κ1) is 28.8. The van der Waals surface area contributed by atoms with Crippen LogP contribution >= 0.6 is 0 Å². The number of hydrogen-bond acceptors (Lipinski definition) is 6. The number of rotatable bonds is 15. The highest BCUT2D eigenvalue weighted by Gasteiger charge is 2.19. The van der Waals surface area contributed by atoms with Crippen molar-refractivity contribution in [1.82, 2.24) is 10.6 Å². The van der Waals surface area contributed by atoms with Crippen molar-refractivity contribution < 1.29 is 29.0 Å². The molecule has 3 aromatic carbocycles. The Hall–Kier alpha value is -4.79. The Morgan fingerprint density at radius 3 is 2.28 bits per heavy atom. The summed E-state index contributed by atoms with van der Waals surface area (Å²) >= 11 is 0. The van der Waals surface area contributed by atoms with Gasteiger partial charge in [0, 0.05) is 24.7 Å². The molecule has 0 spiro atoms. The summed E-state index contributed by atoms with van der Waals surface area (Å²) in [5.74, 6) is -0.359. The van der Waals surface area contributed by atoms with Crippen LogP contribution in [0.5, 0.6) is 11.5 Å². The molecule has 0 aliphatic rings. The highest BCUT2D eigenvalue weighted by molar-refractivity contribution is 5.96. The number of methoxy groups -OCH3 is 1. The quantitative estimate of drug-likeness (QED) is 0.133. The van der Waals surface area contributed by atoms with Gasteiger partial charge in [-0.05, 0) is 66.4 Å². The van der Waals surface area contributed by atoms with Crippen LogP contribution in [0.25, 0.3) is 6.08 Å². The molecule has 0 aromatic heterocycles. The van der Waals surface area contributed by atoms with Gasteiger partial charge in [0.2, 0.25) is 5.91 Å². The Morgan fingerprint density at radius 1 is 0.923 bits per heavy atom. The van der Waals surface area contributed by atoms with E-state index in [1.807, 2.05) is 54.6 Å².